The van der Waals surface area contributed by atoms with E-state index in [9.17, 15) is 4.79 Å². The predicted octanol–water partition coefficient (Wildman–Crippen LogP) is 6.12. The largest absolute Gasteiger partial charge is 0.491 e. The molecule has 0 spiro atoms. The fourth-order valence-electron chi connectivity index (χ4n) is 3.44. The highest BCUT2D eigenvalue weighted by molar-refractivity contribution is 7.66. The van der Waals surface area contributed by atoms with Crippen LogP contribution in [0.2, 0.25) is 0 Å². The van der Waals surface area contributed by atoms with E-state index >= 15 is 0 Å². The third-order valence-corrected chi connectivity index (χ3v) is 5.50. The number of rotatable bonds is 9. The van der Waals surface area contributed by atoms with E-state index in [1.807, 2.05) is 74.4 Å². The highest BCUT2D eigenvalue weighted by atomic mass is 31.1. The molecule has 0 amide bonds. The van der Waals surface area contributed by atoms with Crippen molar-refractivity contribution < 1.29 is 19.0 Å². The van der Waals surface area contributed by atoms with Crippen LogP contribution in [0.3, 0.4) is 0 Å². The molecule has 0 fully saturated rings. The van der Waals surface area contributed by atoms with E-state index in [1.165, 1.54) is 0 Å². The zero-order valence-electron chi connectivity index (χ0n) is 19.7. The van der Waals surface area contributed by atoms with E-state index < -0.39 is 0 Å². The van der Waals surface area contributed by atoms with E-state index in [-0.39, 0.29) is 32.4 Å². The van der Waals surface area contributed by atoms with Gasteiger partial charge in [0.2, 0.25) is 0 Å². The van der Waals surface area contributed by atoms with E-state index in [1.54, 1.807) is 0 Å². The lowest BCUT2D eigenvalue weighted by atomic mass is 10.0. The van der Waals surface area contributed by atoms with Crippen LogP contribution in [0.4, 0.5) is 0 Å². The van der Waals surface area contributed by atoms with Crippen molar-refractivity contribution in [1.29, 1.82) is 0 Å². The first-order valence-corrected chi connectivity index (χ1v) is 11.5. The second-order valence-electron chi connectivity index (χ2n) is 8.52. The molecule has 2 aromatic rings. The Labute approximate surface area is 183 Å². The molecule has 1 atom stereocenters. The van der Waals surface area contributed by atoms with Gasteiger partial charge in [-0.3, -0.25) is 4.79 Å². The molecule has 0 aliphatic heterocycles. The Morgan fingerprint density at radius 2 is 1.17 bits per heavy atom. The van der Waals surface area contributed by atoms with Gasteiger partial charge in [-0.1, -0.05) is 17.7 Å². The number of carbonyl (C=O) groups is 1. The molecule has 0 saturated heterocycles. The summed E-state index contributed by atoms with van der Waals surface area (Å²) in [6, 6.07) is 7.86. The Hall–Kier alpha value is -2.06. The van der Waals surface area contributed by atoms with Crippen LogP contribution >= 0.6 is 8.58 Å². The van der Waals surface area contributed by atoms with Crippen molar-refractivity contribution in [2.24, 2.45) is 0 Å². The normalized spacial score (nSPS) is 11.7. The van der Waals surface area contributed by atoms with E-state index in [4.69, 9.17) is 14.2 Å². The van der Waals surface area contributed by atoms with Crippen LogP contribution in [-0.2, 0) is 0 Å². The van der Waals surface area contributed by atoms with Gasteiger partial charge < -0.3 is 14.2 Å². The standard InChI is InChI=1S/C25H35O4P/c1-14(2)27-20-12-21(28-15(3)4)24(22(13-20)29-16(5)6)30-25(26)23-18(8)10-17(7)11-19(23)9/h10-16,30H,1-9H3. The zero-order valence-corrected chi connectivity index (χ0v) is 20.7. The average molecular weight is 431 g/mol. The van der Waals surface area contributed by atoms with Crippen molar-refractivity contribution in [2.45, 2.75) is 80.6 Å². The van der Waals surface area contributed by atoms with Gasteiger partial charge in [-0.25, -0.2) is 0 Å². The zero-order chi connectivity index (χ0) is 22.6. The summed E-state index contributed by atoms with van der Waals surface area (Å²) in [6.07, 6.45) is -0.0445. The summed E-state index contributed by atoms with van der Waals surface area (Å²) < 4.78 is 18.1. The molecule has 0 saturated carbocycles. The monoisotopic (exact) mass is 430 g/mol. The quantitative estimate of drug-likeness (QED) is 0.450. The Bertz CT molecular complexity index is 846. The second kappa shape index (κ2) is 10.3. The van der Waals surface area contributed by atoms with E-state index in [0.29, 0.717) is 17.2 Å². The van der Waals surface area contributed by atoms with Gasteiger partial charge in [-0.15, -0.1) is 0 Å². The molecule has 1 unspecified atom stereocenters. The summed E-state index contributed by atoms with van der Waals surface area (Å²) in [5.74, 6) is 1.97. The number of carbonyl (C=O) groups excluding carboxylic acids is 1. The Morgan fingerprint density at radius 1 is 0.733 bits per heavy atom. The average Bonchev–Trinajstić information content (AvgIpc) is 2.55. The van der Waals surface area contributed by atoms with Gasteiger partial charge in [0, 0.05) is 17.7 Å². The van der Waals surface area contributed by atoms with Crippen molar-refractivity contribution in [3.8, 4) is 17.2 Å². The van der Waals surface area contributed by atoms with Crippen molar-refractivity contribution in [3.05, 3.63) is 46.5 Å². The van der Waals surface area contributed by atoms with Crippen LogP contribution in [-0.4, -0.2) is 23.8 Å². The fraction of sp³-hybridized carbons (Fsp3) is 0.480. The molecule has 30 heavy (non-hydrogen) atoms. The van der Waals surface area contributed by atoms with Gasteiger partial charge >= 0.3 is 0 Å². The maximum Gasteiger partial charge on any atom is 0.186 e. The van der Waals surface area contributed by atoms with Gasteiger partial charge in [0.25, 0.3) is 0 Å². The first-order valence-electron chi connectivity index (χ1n) is 10.5. The molecule has 4 nitrogen and oxygen atoms in total. The highest BCUT2D eigenvalue weighted by Crippen LogP contribution is 2.36. The highest BCUT2D eigenvalue weighted by Gasteiger charge is 2.22. The summed E-state index contributed by atoms with van der Waals surface area (Å²) in [5.41, 5.74) is 4.04. The molecule has 0 aliphatic carbocycles. The number of hydrogen-bond acceptors (Lipinski definition) is 4. The first-order chi connectivity index (χ1) is 14.0. The number of ether oxygens (including phenoxy) is 3. The fourth-order valence-corrected chi connectivity index (χ4v) is 4.69. The molecule has 2 aromatic carbocycles. The predicted molar refractivity (Wildman–Crippen MR) is 127 cm³/mol. The van der Waals surface area contributed by atoms with Gasteiger partial charge in [0.15, 0.2) is 5.52 Å². The lowest BCUT2D eigenvalue weighted by Gasteiger charge is -2.22. The minimum absolute atomic E-state index is 0.0246. The third-order valence-electron chi connectivity index (χ3n) is 4.28. The van der Waals surface area contributed by atoms with Crippen LogP contribution in [0.5, 0.6) is 17.2 Å². The molecular weight excluding hydrogens is 395 g/mol. The van der Waals surface area contributed by atoms with E-state index in [2.05, 4.69) is 12.1 Å². The van der Waals surface area contributed by atoms with Crippen molar-refractivity contribution in [1.82, 2.24) is 0 Å². The molecule has 0 bridgehead atoms. The lowest BCUT2D eigenvalue weighted by Crippen LogP contribution is -2.19. The Balaban J connectivity index is 2.56. The van der Waals surface area contributed by atoms with E-state index in [0.717, 1.165) is 27.6 Å². The molecule has 164 valence electrons. The molecule has 2 rings (SSSR count). The van der Waals surface area contributed by atoms with Crippen molar-refractivity contribution >= 4 is 19.4 Å². The van der Waals surface area contributed by atoms with Crippen LogP contribution in [0.15, 0.2) is 24.3 Å². The molecule has 0 heterocycles. The van der Waals surface area contributed by atoms with Gasteiger partial charge in [0.05, 0.1) is 23.6 Å². The lowest BCUT2D eigenvalue weighted by molar-refractivity contribution is 0.108. The van der Waals surface area contributed by atoms with Gasteiger partial charge in [-0.2, -0.15) is 0 Å². The number of hydrogen-bond donors (Lipinski definition) is 0. The van der Waals surface area contributed by atoms with Crippen LogP contribution in [0.25, 0.3) is 0 Å². The van der Waals surface area contributed by atoms with Crippen molar-refractivity contribution in [3.63, 3.8) is 0 Å². The van der Waals surface area contributed by atoms with Crippen LogP contribution < -0.4 is 19.5 Å². The van der Waals surface area contributed by atoms with Gasteiger partial charge in [-0.05, 0) is 82.0 Å². The summed E-state index contributed by atoms with van der Waals surface area (Å²) >= 11 is 0. The SMILES string of the molecule is Cc1cc(C)c(C(=O)Pc2c(OC(C)C)cc(OC(C)C)cc2OC(C)C)c(C)c1. The molecule has 5 heteroatoms. The smallest absolute Gasteiger partial charge is 0.186 e. The topological polar surface area (TPSA) is 44.8 Å². The minimum atomic E-state index is -0.110. The third kappa shape index (κ3) is 6.47. The first kappa shape index (κ1) is 24.2. The molecule has 0 aliphatic rings. The minimum Gasteiger partial charge on any atom is -0.491 e. The maximum atomic E-state index is 13.4. The summed E-state index contributed by atoms with van der Waals surface area (Å²) in [4.78, 5) is 13.4. The Kier molecular flexibility index (Phi) is 8.32. The Morgan fingerprint density at radius 3 is 1.57 bits per heavy atom. The summed E-state index contributed by atoms with van der Waals surface area (Å²) in [6.45, 7) is 17.9. The second-order valence-corrected chi connectivity index (χ2v) is 9.73. The van der Waals surface area contributed by atoms with Crippen molar-refractivity contribution in [2.75, 3.05) is 0 Å². The summed E-state index contributed by atoms with van der Waals surface area (Å²) in [5, 5.41) is 0.790. The maximum absolute atomic E-state index is 13.4. The summed E-state index contributed by atoms with van der Waals surface area (Å²) in [7, 11) is -0.110. The van der Waals surface area contributed by atoms with Gasteiger partial charge in [0.1, 0.15) is 17.2 Å². The van der Waals surface area contributed by atoms with Crippen LogP contribution in [0.1, 0.15) is 68.6 Å². The molecule has 0 N–H and O–H groups in total. The molecular formula is C25H35O4P. The number of aryl methyl sites for hydroxylation is 3. The number of benzene rings is 2. The van der Waals surface area contributed by atoms with Crippen LogP contribution in [0, 0.1) is 20.8 Å². The molecule has 0 aromatic heterocycles. The molecule has 0 radical (unpaired) electrons.